The van der Waals surface area contributed by atoms with E-state index in [1.54, 1.807) is 12.1 Å². The summed E-state index contributed by atoms with van der Waals surface area (Å²) in [4.78, 5) is 24.3. The smallest absolute Gasteiger partial charge is 0.251 e. The Balaban J connectivity index is 1.51. The predicted octanol–water partition coefficient (Wildman–Crippen LogP) is 4.27. The van der Waals surface area contributed by atoms with Crippen molar-refractivity contribution in [3.63, 3.8) is 0 Å². The van der Waals surface area contributed by atoms with Gasteiger partial charge in [0.1, 0.15) is 0 Å². The van der Waals surface area contributed by atoms with Crippen molar-refractivity contribution >= 4 is 11.8 Å². The van der Waals surface area contributed by atoms with Crippen molar-refractivity contribution in [2.75, 3.05) is 6.54 Å². The van der Waals surface area contributed by atoms with E-state index in [0.717, 1.165) is 28.7 Å². The molecule has 3 aromatic rings. The summed E-state index contributed by atoms with van der Waals surface area (Å²) in [5, 5.41) is 5.51. The number of hydrogen-bond donors (Lipinski definition) is 2. The minimum Gasteiger partial charge on any atom is -0.350 e. The Morgan fingerprint density at radius 1 is 0.793 bits per heavy atom. The average Bonchev–Trinajstić information content (AvgIpc) is 2.77. The molecular weight excluding hydrogens is 360 g/mol. The summed E-state index contributed by atoms with van der Waals surface area (Å²) < 4.78 is 0. The van der Waals surface area contributed by atoms with E-state index in [9.17, 15) is 9.59 Å². The Morgan fingerprint density at radius 2 is 1.41 bits per heavy atom. The monoisotopic (exact) mass is 386 g/mol. The van der Waals surface area contributed by atoms with Crippen molar-refractivity contribution in [3.05, 3.63) is 95.1 Å². The number of rotatable bonds is 7. The van der Waals surface area contributed by atoms with Crippen LogP contribution in [0.2, 0.25) is 0 Å². The fraction of sp³-hybridized carbons (Fsp3) is 0.200. The van der Waals surface area contributed by atoms with E-state index in [2.05, 4.69) is 41.8 Å². The zero-order valence-corrected chi connectivity index (χ0v) is 16.9. The number of amides is 2. The first-order valence-electron chi connectivity index (χ1n) is 9.85. The standard InChI is InChI=1S/C25H26N2O2/c1-3-19-8-10-20(11-9-19)21-12-14-22(15-13-21)25(29)27-17-24(28)26-16-23-7-5-4-6-18(23)2/h4-15H,3,16-17H2,1-2H3,(H,26,28)(H,27,29). The molecule has 0 atom stereocenters. The molecule has 0 spiro atoms. The number of carbonyl (C=O) groups is 2. The maximum Gasteiger partial charge on any atom is 0.251 e. The molecule has 0 saturated carbocycles. The second-order valence-corrected chi connectivity index (χ2v) is 7.01. The molecule has 0 bridgehead atoms. The summed E-state index contributed by atoms with van der Waals surface area (Å²) in [6, 6.07) is 23.7. The van der Waals surface area contributed by atoms with E-state index < -0.39 is 0 Å². The van der Waals surface area contributed by atoms with Crippen LogP contribution in [0, 0.1) is 6.92 Å². The first-order chi connectivity index (χ1) is 14.1. The predicted molar refractivity (Wildman–Crippen MR) is 117 cm³/mol. The minimum atomic E-state index is -0.260. The minimum absolute atomic E-state index is 0.0506. The van der Waals surface area contributed by atoms with Gasteiger partial charge < -0.3 is 10.6 Å². The van der Waals surface area contributed by atoms with Crippen LogP contribution in [-0.4, -0.2) is 18.4 Å². The van der Waals surface area contributed by atoms with Gasteiger partial charge in [0.2, 0.25) is 5.91 Å². The fourth-order valence-corrected chi connectivity index (χ4v) is 3.07. The average molecular weight is 386 g/mol. The van der Waals surface area contributed by atoms with Crippen molar-refractivity contribution in [1.29, 1.82) is 0 Å². The SMILES string of the molecule is CCc1ccc(-c2ccc(C(=O)NCC(=O)NCc3ccccc3C)cc2)cc1. The number of benzene rings is 3. The molecule has 0 aliphatic carbocycles. The molecular formula is C25H26N2O2. The van der Waals surface area contributed by atoms with E-state index in [0.29, 0.717) is 12.1 Å². The maximum atomic E-state index is 12.3. The highest BCUT2D eigenvalue weighted by atomic mass is 16.2. The summed E-state index contributed by atoms with van der Waals surface area (Å²) in [6.45, 7) is 4.54. The van der Waals surface area contributed by atoms with Crippen molar-refractivity contribution in [1.82, 2.24) is 10.6 Å². The van der Waals surface area contributed by atoms with Gasteiger partial charge in [0.15, 0.2) is 0 Å². The van der Waals surface area contributed by atoms with Gasteiger partial charge in [-0.2, -0.15) is 0 Å². The van der Waals surface area contributed by atoms with Gasteiger partial charge in [0.25, 0.3) is 5.91 Å². The maximum absolute atomic E-state index is 12.3. The number of nitrogens with one attached hydrogen (secondary N) is 2. The van der Waals surface area contributed by atoms with Crippen molar-refractivity contribution in [2.45, 2.75) is 26.8 Å². The van der Waals surface area contributed by atoms with Crippen LogP contribution >= 0.6 is 0 Å². The molecule has 29 heavy (non-hydrogen) atoms. The molecule has 2 N–H and O–H groups in total. The largest absolute Gasteiger partial charge is 0.350 e. The quantitative estimate of drug-likeness (QED) is 0.637. The van der Waals surface area contributed by atoms with E-state index in [-0.39, 0.29) is 18.4 Å². The Bertz CT molecular complexity index is 976. The van der Waals surface area contributed by atoms with Crippen LogP contribution in [0.5, 0.6) is 0 Å². The van der Waals surface area contributed by atoms with Crippen molar-refractivity contribution in [2.24, 2.45) is 0 Å². The summed E-state index contributed by atoms with van der Waals surface area (Å²) in [5.41, 5.74) is 6.19. The zero-order valence-electron chi connectivity index (χ0n) is 16.9. The molecule has 4 nitrogen and oxygen atoms in total. The topological polar surface area (TPSA) is 58.2 Å². The zero-order chi connectivity index (χ0) is 20.6. The van der Waals surface area contributed by atoms with Crippen LogP contribution in [0.1, 0.15) is 34.0 Å². The van der Waals surface area contributed by atoms with Crippen LogP contribution in [0.4, 0.5) is 0 Å². The molecule has 0 radical (unpaired) electrons. The highest BCUT2D eigenvalue weighted by Gasteiger charge is 2.09. The van der Waals surface area contributed by atoms with Crippen molar-refractivity contribution in [3.8, 4) is 11.1 Å². The molecule has 0 aliphatic rings. The molecule has 0 fully saturated rings. The Labute approximate surface area is 172 Å². The lowest BCUT2D eigenvalue weighted by atomic mass is 10.0. The normalized spacial score (nSPS) is 10.4. The molecule has 0 aliphatic heterocycles. The first-order valence-corrected chi connectivity index (χ1v) is 9.85. The fourth-order valence-electron chi connectivity index (χ4n) is 3.07. The summed E-state index contributed by atoms with van der Waals surface area (Å²) in [5.74, 6) is -0.474. The molecule has 148 valence electrons. The van der Waals surface area contributed by atoms with Crippen LogP contribution in [0.15, 0.2) is 72.8 Å². The molecule has 3 aromatic carbocycles. The Kier molecular flexibility index (Phi) is 6.80. The van der Waals surface area contributed by atoms with Gasteiger partial charge in [-0.25, -0.2) is 0 Å². The van der Waals surface area contributed by atoms with Gasteiger partial charge in [-0.15, -0.1) is 0 Å². The molecule has 0 aromatic heterocycles. The van der Waals surface area contributed by atoms with Crippen LogP contribution in [0.25, 0.3) is 11.1 Å². The van der Waals surface area contributed by atoms with Gasteiger partial charge >= 0.3 is 0 Å². The number of hydrogen-bond acceptors (Lipinski definition) is 2. The van der Waals surface area contributed by atoms with Crippen LogP contribution in [0.3, 0.4) is 0 Å². The van der Waals surface area contributed by atoms with Gasteiger partial charge in [-0.05, 0) is 53.3 Å². The lowest BCUT2D eigenvalue weighted by Crippen LogP contribution is -2.36. The third-order valence-corrected chi connectivity index (χ3v) is 4.99. The number of aryl methyl sites for hydroxylation is 2. The Hall–Kier alpha value is -3.40. The van der Waals surface area contributed by atoms with Crippen LogP contribution in [-0.2, 0) is 17.8 Å². The molecule has 2 amide bonds. The second-order valence-electron chi connectivity index (χ2n) is 7.01. The summed E-state index contributed by atoms with van der Waals surface area (Å²) >= 11 is 0. The molecule has 0 unspecified atom stereocenters. The highest BCUT2D eigenvalue weighted by molar-refractivity contribution is 5.96. The van der Waals surface area contributed by atoms with E-state index in [4.69, 9.17) is 0 Å². The van der Waals surface area contributed by atoms with E-state index in [1.807, 2.05) is 43.3 Å². The summed E-state index contributed by atoms with van der Waals surface area (Å²) in [6.07, 6.45) is 1.01. The lowest BCUT2D eigenvalue weighted by molar-refractivity contribution is -0.120. The van der Waals surface area contributed by atoms with Crippen molar-refractivity contribution < 1.29 is 9.59 Å². The van der Waals surface area contributed by atoms with Gasteiger partial charge in [-0.3, -0.25) is 9.59 Å². The number of carbonyl (C=O) groups excluding carboxylic acids is 2. The first kappa shape index (κ1) is 20.3. The molecule has 4 heteroatoms. The third kappa shape index (κ3) is 5.55. The third-order valence-electron chi connectivity index (χ3n) is 4.99. The lowest BCUT2D eigenvalue weighted by Gasteiger charge is -2.09. The molecule has 3 rings (SSSR count). The Morgan fingerprint density at radius 3 is 2.03 bits per heavy atom. The molecule has 0 saturated heterocycles. The van der Waals surface area contributed by atoms with Gasteiger partial charge in [-0.1, -0.05) is 67.6 Å². The summed E-state index contributed by atoms with van der Waals surface area (Å²) in [7, 11) is 0. The van der Waals surface area contributed by atoms with E-state index in [1.165, 1.54) is 5.56 Å². The van der Waals surface area contributed by atoms with Gasteiger partial charge in [0, 0.05) is 12.1 Å². The second kappa shape index (κ2) is 9.69. The highest BCUT2D eigenvalue weighted by Crippen LogP contribution is 2.20. The molecule has 0 heterocycles. The van der Waals surface area contributed by atoms with Gasteiger partial charge in [0.05, 0.1) is 6.54 Å². The van der Waals surface area contributed by atoms with Crippen LogP contribution < -0.4 is 10.6 Å². The van der Waals surface area contributed by atoms with E-state index >= 15 is 0 Å².